The Morgan fingerprint density at radius 1 is 1.19 bits per heavy atom. The molecule has 0 radical (unpaired) electrons. The van der Waals surface area contributed by atoms with Crippen LogP contribution in [-0.2, 0) is 4.74 Å². The molecule has 0 aliphatic carbocycles. The van der Waals surface area contributed by atoms with Gasteiger partial charge in [0.25, 0.3) is 5.91 Å². The molecule has 0 spiro atoms. The fourth-order valence-electron chi connectivity index (χ4n) is 1.50. The third kappa shape index (κ3) is 4.43. The van der Waals surface area contributed by atoms with E-state index in [1.807, 2.05) is 0 Å². The zero-order chi connectivity index (χ0) is 15.1. The number of anilines is 2. The molecule has 21 heavy (non-hydrogen) atoms. The average molecular weight is 288 g/mol. The van der Waals surface area contributed by atoms with Crippen molar-refractivity contribution in [1.82, 2.24) is 9.97 Å². The molecule has 2 rings (SSSR count). The molecule has 0 bridgehead atoms. The lowest BCUT2D eigenvalue weighted by Gasteiger charge is -2.07. The highest BCUT2D eigenvalue weighted by atomic mass is 16.5. The van der Waals surface area contributed by atoms with Gasteiger partial charge in [0.05, 0.1) is 30.4 Å². The molecule has 7 nitrogen and oxygen atoms in total. The van der Waals surface area contributed by atoms with Gasteiger partial charge in [0.1, 0.15) is 12.3 Å². The maximum atomic E-state index is 11.9. The molecule has 2 heterocycles. The zero-order valence-electron chi connectivity index (χ0n) is 11.6. The summed E-state index contributed by atoms with van der Waals surface area (Å²) in [5, 5.41) is 2.69. The van der Waals surface area contributed by atoms with E-state index in [4.69, 9.17) is 15.2 Å². The van der Waals surface area contributed by atoms with E-state index in [9.17, 15) is 4.79 Å². The molecule has 110 valence electrons. The Morgan fingerprint density at radius 2 is 2.05 bits per heavy atom. The largest absolute Gasteiger partial charge is 0.475 e. The van der Waals surface area contributed by atoms with Gasteiger partial charge in [-0.15, -0.1) is 0 Å². The van der Waals surface area contributed by atoms with Crippen LogP contribution in [0.15, 0.2) is 36.7 Å². The van der Waals surface area contributed by atoms with Gasteiger partial charge in [0.2, 0.25) is 5.88 Å². The van der Waals surface area contributed by atoms with Gasteiger partial charge in [-0.25, -0.2) is 9.97 Å². The van der Waals surface area contributed by atoms with Crippen LogP contribution in [0, 0.1) is 0 Å². The van der Waals surface area contributed by atoms with Crippen LogP contribution in [0.3, 0.4) is 0 Å². The fourth-order valence-corrected chi connectivity index (χ4v) is 1.50. The monoisotopic (exact) mass is 288 g/mol. The van der Waals surface area contributed by atoms with Gasteiger partial charge >= 0.3 is 0 Å². The Kier molecular flexibility index (Phi) is 5.05. The van der Waals surface area contributed by atoms with E-state index in [2.05, 4.69) is 15.3 Å². The van der Waals surface area contributed by atoms with Crippen molar-refractivity contribution < 1.29 is 14.3 Å². The van der Waals surface area contributed by atoms with Crippen LogP contribution in [0.5, 0.6) is 5.88 Å². The van der Waals surface area contributed by atoms with Crippen molar-refractivity contribution in [1.29, 1.82) is 0 Å². The second-order valence-corrected chi connectivity index (χ2v) is 4.16. The number of aromatic nitrogens is 2. The van der Waals surface area contributed by atoms with Crippen molar-refractivity contribution in [3.05, 3.63) is 42.4 Å². The number of nitrogens with one attached hydrogen (secondary N) is 1. The molecule has 0 saturated carbocycles. The maximum Gasteiger partial charge on any atom is 0.274 e. The first-order valence-corrected chi connectivity index (χ1v) is 6.29. The predicted molar refractivity (Wildman–Crippen MR) is 78.2 cm³/mol. The summed E-state index contributed by atoms with van der Waals surface area (Å²) in [6.07, 6.45) is 2.94. The van der Waals surface area contributed by atoms with Crippen LogP contribution in [0.2, 0.25) is 0 Å². The minimum atomic E-state index is -0.329. The van der Waals surface area contributed by atoms with Crippen molar-refractivity contribution in [3.63, 3.8) is 0 Å². The first-order chi connectivity index (χ1) is 10.2. The average Bonchev–Trinajstić information content (AvgIpc) is 2.50. The number of ether oxygens (including phenoxy) is 2. The number of pyridine rings is 2. The first kappa shape index (κ1) is 14.7. The second kappa shape index (κ2) is 7.20. The number of carbonyl (C=O) groups excluding carboxylic acids is 1. The number of nitrogen functional groups attached to an aromatic ring is 1. The topological polar surface area (TPSA) is 99.4 Å². The summed E-state index contributed by atoms with van der Waals surface area (Å²) < 4.78 is 10.2. The van der Waals surface area contributed by atoms with Crippen LogP contribution in [0.25, 0.3) is 0 Å². The van der Waals surface area contributed by atoms with Gasteiger partial charge in [-0.05, 0) is 18.2 Å². The van der Waals surface area contributed by atoms with E-state index in [-0.39, 0.29) is 11.6 Å². The molecule has 0 atom stereocenters. The molecule has 2 aromatic heterocycles. The first-order valence-electron chi connectivity index (χ1n) is 6.29. The molecule has 0 aliphatic heterocycles. The van der Waals surface area contributed by atoms with Gasteiger partial charge in [0, 0.05) is 13.2 Å². The minimum Gasteiger partial charge on any atom is -0.475 e. The Bertz CT molecular complexity index is 584. The van der Waals surface area contributed by atoms with Crippen LogP contribution >= 0.6 is 0 Å². The number of methoxy groups -OCH3 is 1. The number of carbonyl (C=O) groups is 1. The van der Waals surface area contributed by atoms with Gasteiger partial charge in [-0.2, -0.15) is 0 Å². The highest BCUT2D eigenvalue weighted by molar-refractivity contribution is 6.02. The lowest BCUT2D eigenvalue weighted by molar-refractivity contribution is 0.102. The Hall–Kier alpha value is -2.67. The maximum absolute atomic E-state index is 11.9. The van der Waals surface area contributed by atoms with E-state index in [0.29, 0.717) is 30.5 Å². The lowest BCUT2D eigenvalue weighted by atomic mass is 10.3. The Morgan fingerprint density at radius 3 is 2.67 bits per heavy atom. The fraction of sp³-hybridized carbons (Fsp3) is 0.214. The van der Waals surface area contributed by atoms with Crippen LogP contribution in [0.4, 0.5) is 11.4 Å². The van der Waals surface area contributed by atoms with Crippen molar-refractivity contribution in [3.8, 4) is 5.88 Å². The highest BCUT2D eigenvalue weighted by Crippen LogP contribution is 2.12. The van der Waals surface area contributed by atoms with Gasteiger partial charge in [0.15, 0.2) is 0 Å². The van der Waals surface area contributed by atoms with Crippen LogP contribution in [-0.4, -0.2) is 36.2 Å². The van der Waals surface area contributed by atoms with Gasteiger partial charge in [-0.3, -0.25) is 4.79 Å². The summed E-state index contributed by atoms with van der Waals surface area (Å²) in [4.78, 5) is 20.0. The Balaban J connectivity index is 1.93. The number of hydrogen-bond acceptors (Lipinski definition) is 6. The summed E-state index contributed by atoms with van der Waals surface area (Å²) in [6.45, 7) is 0.910. The molecule has 2 aromatic rings. The predicted octanol–water partition coefficient (Wildman–Crippen LogP) is 1.34. The smallest absolute Gasteiger partial charge is 0.274 e. The number of amides is 1. The summed E-state index contributed by atoms with van der Waals surface area (Å²) in [7, 11) is 1.60. The second-order valence-electron chi connectivity index (χ2n) is 4.16. The molecule has 0 saturated heterocycles. The third-order valence-corrected chi connectivity index (χ3v) is 2.55. The lowest BCUT2D eigenvalue weighted by Crippen LogP contribution is -2.14. The van der Waals surface area contributed by atoms with E-state index in [0.717, 1.165) is 0 Å². The van der Waals surface area contributed by atoms with E-state index in [1.165, 1.54) is 12.4 Å². The van der Waals surface area contributed by atoms with Crippen molar-refractivity contribution in [2.24, 2.45) is 0 Å². The molecule has 7 heteroatoms. The van der Waals surface area contributed by atoms with E-state index < -0.39 is 0 Å². The van der Waals surface area contributed by atoms with Crippen LogP contribution in [0.1, 0.15) is 10.5 Å². The molecule has 3 N–H and O–H groups in total. The van der Waals surface area contributed by atoms with Gasteiger partial charge in [-0.1, -0.05) is 0 Å². The van der Waals surface area contributed by atoms with Crippen molar-refractivity contribution >= 4 is 17.3 Å². The minimum absolute atomic E-state index is 0.282. The molecule has 1 amide bonds. The number of hydrogen-bond donors (Lipinski definition) is 2. The normalized spacial score (nSPS) is 10.1. The quantitative estimate of drug-likeness (QED) is 0.778. The standard InChI is InChI=1S/C14H16N4O3/c1-20-6-7-21-13-5-3-11(9-17-13)18-14(19)12-4-2-10(15)8-16-12/h2-5,8-9H,6-7,15H2,1H3,(H,18,19). The summed E-state index contributed by atoms with van der Waals surface area (Å²) in [5.74, 6) is 0.139. The summed E-state index contributed by atoms with van der Waals surface area (Å²) in [6, 6.07) is 6.54. The number of rotatable bonds is 6. The molecule has 0 aliphatic rings. The SMILES string of the molecule is COCCOc1ccc(NC(=O)c2ccc(N)cn2)cn1. The number of nitrogens with zero attached hydrogens (tertiary/aromatic N) is 2. The molecule has 0 unspecified atom stereocenters. The molecule has 0 fully saturated rings. The van der Waals surface area contributed by atoms with Crippen molar-refractivity contribution in [2.45, 2.75) is 0 Å². The van der Waals surface area contributed by atoms with Gasteiger partial charge < -0.3 is 20.5 Å². The number of nitrogens with two attached hydrogens (primary N) is 1. The van der Waals surface area contributed by atoms with E-state index in [1.54, 1.807) is 31.4 Å². The van der Waals surface area contributed by atoms with E-state index >= 15 is 0 Å². The Labute approximate surface area is 122 Å². The molecular weight excluding hydrogens is 272 g/mol. The third-order valence-electron chi connectivity index (χ3n) is 2.55. The summed E-state index contributed by atoms with van der Waals surface area (Å²) in [5.41, 5.74) is 6.86. The van der Waals surface area contributed by atoms with Crippen molar-refractivity contribution in [2.75, 3.05) is 31.4 Å². The van der Waals surface area contributed by atoms with Crippen LogP contribution < -0.4 is 15.8 Å². The summed E-state index contributed by atoms with van der Waals surface area (Å²) >= 11 is 0. The molecular formula is C14H16N4O3. The zero-order valence-corrected chi connectivity index (χ0v) is 11.6. The highest BCUT2D eigenvalue weighted by Gasteiger charge is 2.07. The molecule has 0 aromatic carbocycles.